The molecule has 0 aliphatic heterocycles. The van der Waals surface area contributed by atoms with E-state index in [1.54, 1.807) is 0 Å². The van der Waals surface area contributed by atoms with Crippen LogP contribution in [-0.2, 0) is 9.53 Å². The Labute approximate surface area is 187 Å². The lowest BCUT2D eigenvalue weighted by Gasteiger charge is -2.36. The zero-order valence-corrected chi connectivity index (χ0v) is 18.9. The average molecular weight is 417 g/mol. The Balaban J connectivity index is 1.32. The lowest BCUT2D eigenvalue weighted by Crippen LogP contribution is -2.32. The van der Waals surface area contributed by atoms with Crippen molar-refractivity contribution in [1.29, 1.82) is 0 Å². The summed E-state index contributed by atoms with van der Waals surface area (Å²) in [5, 5.41) is 0. The van der Waals surface area contributed by atoms with E-state index in [4.69, 9.17) is 4.74 Å². The summed E-state index contributed by atoms with van der Waals surface area (Å²) < 4.78 is 6.13. The van der Waals surface area contributed by atoms with Gasteiger partial charge in [0.1, 0.15) is 6.61 Å². The maximum absolute atomic E-state index is 13.4. The largest absolute Gasteiger partial charge is 0.464 e. The van der Waals surface area contributed by atoms with E-state index in [9.17, 15) is 4.79 Å². The van der Waals surface area contributed by atoms with Gasteiger partial charge in [0.05, 0.1) is 5.92 Å². The van der Waals surface area contributed by atoms with E-state index in [2.05, 4.69) is 55.5 Å². The van der Waals surface area contributed by atoms with Crippen LogP contribution in [0.5, 0.6) is 0 Å². The van der Waals surface area contributed by atoms with Gasteiger partial charge in [-0.15, -0.1) is 0 Å². The Morgan fingerprint density at radius 3 is 2.10 bits per heavy atom. The van der Waals surface area contributed by atoms with E-state index < -0.39 is 0 Å². The number of esters is 1. The molecule has 2 saturated carbocycles. The van der Waals surface area contributed by atoms with Crippen LogP contribution in [0.4, 0.5) is 0 Å². The van der Waals surface area contributed by atoms with E-state index in [1.165, 1.54) is 73.6 Å². The Kier molecular flexibility index (Phi) is 6.16. The topological polar surface area (TPSA) is 26.3 Å². The SMILES string of the molecule is CC1CCCCC2CC1CCCCC2C(=O)OCC1c2ccccc2-c2ccccc21. The van der Waals surface area contributed by atoms with Crippen molar-refractivity contribution in [2.45, 2.75) is 70.6 Å². The number of carbonyl (C=O) groups is 1. The quantitative estimate of drug-likeness (QED) is 0.488. The maximum Gasteiger partial charge on any atom is 0.309 e. The number of ether oxygens (including phenoxy) is 1. The number of fused-ring (bicyclic) bond motifs is 5. The monoisotopic (exact) mass is 416 g/mol. The van der Waals surface area contributed by atoms with Crippen LogP contribution in [0.3, 0.4) is 0 Å². The number of hydrogen-bond acceptors (Lipinski definition) is 2. The highest BCUT2D eigenvalue weighted by Crippen LogP contribution is 2.45. The Hall–Kier alpha value is -2.09. The molecule has 0 N–H and O–H groups in total. The molecule has 0 heterocycles. The molecule has 0 spiro atoms. The van der Waals surface area contributed by atoms with Crippen LogP contribution in [-0.4, -0.2) is 12.6 Å². The Bertz CT molecular complexity index is 871. The molecule has 2 heteroatoms. The van der Waals surface area contributed by atoms with Gasteiger partial charge in [-0.3, -0.25) is 4.79 Å². The van der Waals surface area contributed by atoms with Crippen LogP contribution >= 0.6 is 0 Å². The summed E-state index contributed by atoms with van der Waals surface area (Å²) in [6.07, 6.45) is 11.2. The average Bonchev–Trinajstić information content (AvgIpc) is 3.08. The fraction of sp³-hybridized carbons (Fsp3) is 0.552. The molecule has 2 aromatic rings. The normalized spacial score (nSPS) is 28.4. The van der Waals surface area contributed by atoms with Gasteiger partial charge < -0.3 is 4.74 Å². The first-order chi connectivity index (χ1) is 15.2. The maximum atomic E-state index is 13.4. The number of benzene rings is 2. The minimum atomic E-state index is 0.0701. The third-order valence-corrected chi connectivity index (χ3v) is 8.46. The van der Waals surface area contributed by atoms with E-state index in [1.807, 2.05) is 0 Å². The fourth-order valence-corrected chi connectivity index (χ4v) is 6.64. The number of carbonyl (C=O) groups excluding carboxylic acids is 1. The van der Waals surface area contributed by atoms with Gasteiger partial charge in [0, 0.05) is 5.92 Å². The molecule has 0 radical (unpaired) electrons. The first-order valence-electron chi connectivity index (χ1n) is 12.6. The zero-order valence-electron chi connectivity index (χ0n) is 18.9. The first-order valence-corrected chi connectivity index (χ1v) is 12.6. The molecule has 164 valence electrons. The second-order valence-electron chi connectivity index (χ2n) is 10.3. The lowest BCUT2D eigenvalue weighted by molar-refractivity contribution is -0.152. The molecule has 0 amide bonds. The molecule has 3 aliphatic rings. The predicted octanol–water partition coefficient (Wildman–Crippen LogP) is 7.36. The van der Waals surface area contributed by atoms with Gasteiger partial charge in [0.2, 0.25) is 0 Å². The van der Waals surface area contributed by atoms with E-state index in [0.717, 1.165) is 18.3 Å². The van der Waals surface area contributed by atoms with Gasteiger partial charge in [-0.2, -0.15) is 0 Å². The Morgan fingerprint density at radius 1 is 0.806 bits per heavy atom. The van der Waals surface area contributed by atoms with Crippen LogP contribution in [0.2, 0.25) is 0 Å². The van der Waals surface area contributed by atoms with Gasteiger partial charge in [0.25, 0.3) is 0 Å². The smallest absolute Gasteiger partial charge is 0.309 e. The second kappa shape index (κ2) is 9.18. The van der Waals surface area contributed by atoms with Crippen LogP contribution in [0.15, 0.2) is 48.5 Å². The molecule has 2 nitrogen and oxygen atoms in total. The molecule has 2 aromatic carbocycles. The van der Waals surface area contributed by atoms with Crippen molar-refractivity contribution < 1.29 is 9.53 Å². The first kappa shape index (κ1) is 20.8. The van der Waals surface area contributed by atoms with Gasteiger partial charge in [-0.05, 0) is 59.3 Å². The highest BCUT2D eigenvalue weighted by Gasteiger charge is 2.36. The molecular formula is C29H36O2. The molecule has 5 rings (SSSR count). The van der Waals surface area contributed by atoms with E-state index in [-0.39, 0.29) is 17.8 Å². The highest BCUT2D eigenvalue weighted by molar-refractivity contribution is 5.79. The van der Waals surface area contributed by atoms with E-state index >= 15 is 0 Å². The number of rotatable bonds is 3. The second-order valence-corrected chi connectivity index (χ2v) is 10.3. The Morgan fingerprint density at radius 2 is 1.39 bits per heavy atom. The summed E-state index contributed by atoms with van der Waals surface area (Å²) in [5.74, 6) is 2.46. The molecule has 2 bridgehead atoms. The standard InChI is InChI=1S/C29H36O2/c1-20-10-2-3-12-22-18-21(20)11-4-5-13-23(22)29(30)31-19-28-26-16-8-6-14-24(26)25-15-7-9-17-27(25)28/h6-9,14-17,20-23,28H,2-5,10-13,18-19H2,1H3. The number of hydrogen-bond donors (Lipinski definition) is 0. The van der Waals surface area contributed by atoms with Crippen LogP contribution in [0.25, 0.3) is 11.1 Å². The van der Waals surface area contributed by atoms with Crippen LogP contribution in [0.1, 0.15) is 81.8 Å². The summed E-state index contributed by atoms with van der Waals surface area (Å²) in [6, 6.07) is 17.2. The summed E-state index contributed by atoms with van der Waals surface area (Å²) >= 11 is 0. The van der Waals surface area contributed by atoms with E-state index in [0.29, 0.717) is 12.5 Å². The molecule has 0 saturated heterocycles. The lowest BCUT2D eigenvalue weighted by atomic mass is 9.69. The van der Waals surface area contributed by atoms with Crippen molar-refractivity contribution in [3.8, 4) is 11.1 Å². The van der Waals surface area contributed by atoms with Crippen LogP contribution in [0, 0.1) is 23.7 Å². The minimum absolute atomic E-state index is 0.0701. The van der Waals surface area contributed by atoms with Crippen molar-refractivity contribution in [3.05, 3.63) is 59.7 Å². The van der Waals surface area contributed by atoms with Crippen LogP contribution < -0.4 is 0 Å². The fourth-order valence-electron chi connectivity index (χ4n) is 6.64. The third kappa shape index (κ3) is 4.19. The van der Waals surface area contributed by atoms with Crippen molar-refractivity contribution in [3.63, 3.8) is 0 Å². The third-order valence-electron chi connectivity index (χ3n) is 8.46. The van der Waals surface area contributed by atoms with Crippen molar-refractivity contribution in [1.82, 2.24) is 0 Å². The predicted molar refractivity (Wildman–Crippen MR) is 126 cm³/mol. The molecule has 31 heavy (non-hydrogen) atoms. The summed E-state index contributed by atoms with van der Waals surface area (Å²) in [5.41, 5.74) is 5.19. The molecule has 2 fully saturated rings. The summed E-state index contributed by atoms with van der Waals surface area (Å²) in [4.78, 5) is 13.4. The summed E-state index contributed by atoms with van der Waals surface area (Å²) in [6.45, 7) is 2.91. The van der Waals surface area contributed by atoms with Gasteiger partial charge in [-0.25, -0.2) is 0 Å². The van der Waals surface area contributed by atoms with Gasteiger partial charge >= 0.3 is 5.97 Å². The van der Waals surface area contributed by atoms with Crippen molar-refractivity contribution in [2.75, 3.05) is 6.61 Å². The molecule has 4 unspecified atom stereocenters. The van der Waals surface area contributed by atoms with Gasteiger partial charge in [0.15, 0.2) is 0 Å². The molecule has 3 aliphatic carbocycles. The van der Waals surface area contributed by atoms with Crippen molar-refractivity contribution in [2.24, 2.45) is 23.7 Å². The van der Waals surface area contributed by atoms with Crippen molar-refractivity contribution >= 4 is 5.97 Å². The molecule has 4 atom stereocenters. The minimum Gasteiger partial charge on any atom is -0.464 e. The zero-order chi connectivity index (χ0) is 21.2. The molecule has 0 aromatic heterocycles. The highest BCUT2D eigenvalue weighted by atomic mass is 16.5. The summed E-state index contributed by atoms with van der Waals surface area (Å²) in [7, 11) is 0. The molecular weight excluding hydrogens is 380 g/mol. The van der Waals surface area contributed by atoms with Gasteiger partial charge in [-0.1, -0.05) is 94.0 Å².